The molecule has 0 fully saturated rings. The SMILES string of the molecule is CS(=O)(=O)Nc1cccc(C2=NN(S(=O)(=O)c3ccc(F)cc3)[C@@H](c3ccco3)C2)c1. The first-order valence-electron chi connectivity index (χ1n) is 9.12. The lowest BCUT2D eigenvalue weighted by molar-refractivity contribution is 0.320. The number of hydrogen-bond donors (Lipinski definition) is 1. The number of rotatable bonds is 6. The Kier molecular flexibility index (Phi) is 5.31. The van der Waals surface area contributed by atoms with Crippen LogP contribution in [0.4, 0.5) is 10.1 Å². The third-order valence-corrected chi connectivity index (χ3v) is 6.90. The number of hydrazone groups is 1. The van der Waals surface area contributed by atoms with E-state index in [-0.39, 0.29) is 11.3 Å². The molecule has 0 saturated heterocycles. The minimum absolute atomic E-state index is 0.108. The van der Waals surface area contributed by atoms with Gasteiger partial charge in [0.15, 0.2) is 0 Å². The van der Waals surface area contributed by atoms with Crippen molar-refractivity contribution in [2.45, 2.75) is 17.4 Å². The van der Waals surface area contributed by atoms with Crippen LogP contribution in [0.25, 0.3) is 0 Å². The Morgan fingerprint density at radius 2 is 1.81 bits per heavy atom. The van der Waals surface area contributed by atoms with Gasteiger partial charge in [-0.2, -0.15) is 17.9 Å². The number of nitrogens with zero attached hydrogens (tertiary/aromatic N) is 2. The average Bonchev–Trinajstić information content (AvgIpc) is 3.37. The third-order valence-electron chi connectivity index (χ3n) is 4.60. The van der Waals surface area contributed by atoms with Gasteiger partial charge in [-0.15, -0.1) is 0 Å². The number of nitrogens with one attached hydrogen (secondary N) is 1. The quantitative estimate of drug-likeness (QED) is 0.603. The fraction of sp³-hybridized carbons (Fsp3) is 0.150. The summed E-state index contributed by atoms with van der Waals surface area (Å²) >= 11 is 0. The van der Waals surface area contributed by atoms with E-state index in [1.807, 2.05) is 0 Å². The Hall–Kier alpha value is -3.18. The summed E-state index contributed by atoms with van der Waals surface area (Å²) in [5.41, 5.74) is 1.32. The van der Waals surface area contributed by atoms with Gasteiger partial charge >= 0.3 is 0 Å². The molecule has 8 nitrogen and oxygen atoms in total. The standard InChI is InChI=1S/C20H18FN3O5S2/c1-30(25,26)23-16-5-2-4-14(12-16)18-13-19(20-6-3-11-29-20)24(22-18)31(27,28)17-9-7-15(21)8-10-17/h2-12,19,23H,13H2,1H3/t19-/m1/s1. The second-order valence-corrected chi connectivity index (χ2v) is 10.5. The first-order valence-corrected chi connectivity index (χ1v) is 12.5. The van der Waals surface area contributed by atoms with Crippen molar-refractivity contribution in [1.82, 2.24) is 4.41 Å². The molecule has 1 N–H and O–H groups in total. The van der Waals surface area contributed by atoms with Gasteiger partial charge in [-0.25, -0.2) is 12.8 Å². The molecule has 2 aromatic carbocycles. The second-order valence-electron chi connectivity index (χ2n) is 6.97. The highest BCUT2D eigenvalue weighted by atomic mass is 32.2. The molecule has 0 radical (unpaired) electrons. The summed E-state index contributed by atoms with van der Waals surface area (Å²) < 4.78 is 71.6. The van der Waals surface area contributed by atoms with Crippen LogP contribution in [-0.2, 0) is 20.0 Å². The predicted molar refractivity (Wildman–Crippen MR) is 113 cm³/mol. The van der Waals surface area contributed by atoms with E-state index in [1.54, 1.807) is 36.4 Å². The molecule has 3 aromatic rings. The van der Waals surface area contributed by atoms with E-state index in [2.05, 4.69) is 9.82 Å². The first kappa shape index (κ1) is 21.1. The predicted octanol–water partition coefficient (Wildman–Crippen LogP) is 3.33. The van der Waals surface area contributed by atoms with Crippen molar-refractivity contribution in [3.05, 3.63) is 84.1 Å². The number of halogens is 1. The van der Waals surface area contributed by atoms with Gasteiger partial charge in [0.2, 0.25) is 10.0 Å². The molecule has 31 heavy (non-hydrogen) atoms. The molecular formula is C20H18FN3O5S2. The highest BCUT2D eigenvalue weighted by Crippen LogP contribution is 2.37. The number of hydrogen-bond acceptors (Lipinski definition) is 6. The summed E-state index contributed by atoms with van der Waals surface area (Å²) in [6, 6.07) is 13.5. The largest absolute Gasteiger partial charge is 0.467 e. The maximum absolute atomic E-state index is 13.3. The minimum Gasteiger partial charge on any atom is -0.467 e. The van der Waals surface area contributed by atoms with Gasteiger partial charge in [0.05, 0.1) is 23.1 Å². The average molecular weight is 464 g/mol. The van der Waals surface area contributed by atoms with Crippen LogP contribution in [0.1, 0.15) is 23.8 Å². The molecule has 0 amide bonds. The summed E-state index contributed by atoms with van der Waals surface area (Å²) in [4.78, 5) is -0.108. The van der Waals surface area contributed by atoms with E-state index in [0.29, 0.717) is 22.7 Å². The minimum atomic E-state index is -4.10. The summed E-state index contributed by atoms with van der Waals surface area (Å²) in [6.45, 7) is 0. The zero-order valence-electron chi connectivity index (χ0n) is 16.3. The lowest BCUT2D eigenvalue weighted by Crippen LogP contribution is -2.27. The van der Waals surface area contributed by atoms with Crippen LogP contribution in [0.3, 0.4) is 0 Å². The van der Waals surface area contributed by atoms with Crippen LogP contribution in [-0.4, -0.2) is 33.2 Å². The maximum Gasteiger partial charge on any atom is 0.279 e. The Labute approximate surface area is 179 Å². The summed E-state index contributed by atoms with van der Waals surface area (Å²) in [5.74, 6) is -0.155. The van der Waals surface area contributed by atoms with Crippen molar-refractivity contribution in [2.75, 3.05) is 11.0 Å². The van der Waals surface area contributed by atoms with E-state index < -0.39 is 31.9 Å². The Balaban J connectivity index is 1.76. The van der Waals surface area contributed by atoms with Crippen LogP contribution in [0.5, 0.6) is 0 Å². The molecule has 4 rings (SSSR count). The van der Waals surface area contributed by atoms with Gasteiger partial charge < -0.3 is 4.42 Å². The van der Waals surface area contributed by atoms with Gasteiger partial charge in [-0.05, 0) is 54.1 Å². The fourth-order valence-corrected chi connectivity index (χ4v) is 5.24. The Bertz CT molecular complexity index is 1340. The molecule has 0 saturated carbocycles. The molecule has 0 aliphatic carbocycles. The van der Waals surface area contributed by atoms with Crippen LogP contribution >= 0.6 is 0 Å². The number of sulfonamides is 2. The van der Waals surface area contributed by atoms with Crippen molar-refractivity contribution in [3.63, 3.8) is 0 Å². The normalized spacial score (nSPS) is 16.9. The van der Waals surface area contributed by atoms with Crippen molar-refractivity contribution in [3.8, 4) is 0 Å². The van der Waals surface area contributed by atoms with E-state index in [0.717, 1.165) is 22.8 Å². The van der Waals surface area contributed by atoms with Gasteiger partial charge in [0.1, 0.15) is 17.6 Å². The molecule has 1 aliphatic rings. The van der Waals surface area contributed by atoms with Crippen molar-refractivity contribution < 1.29 is 25.6 Å². The summed E-state index contributed by atoms with van der Waals surface area (Å²) in [6.07, 6.45) is 2.68. The van der Waals surface area contributed by atoms with Gasteiger partial charge in [-0.3, -0.25) is 4.72 Å². The summed E-state index contributed by atoms with van der Waals surface area (Å²) in [5, 5.41) is 4.33. The smallest absolute Gasteiger partial charge is 0.279 e. The van der Waals surface area contributed by atoms with Crippen molar-refractivity contribution in [1.29, 1.82) is 0 Å². The molecular weight excluding hydrogens is 445 g/mol. The van der Waals surface area contributed by atoms with Gasteiger partial charge in [-0.1, -0.05) is 12.1 Å². The molecule has 1 aliphatic heterocycles. The molecule has 11 heteroatoms. The Morgan fingerprint density at radius 1 is 1.06 bits per heavy atom. The lowest BCUT2D eigenvalue weighted by atomic mass is 10.0. The van der Waals surface area contributed by atoms with E-state index in [9.17, 15) is 21.2 Å². The van der Waals surface area contributed by atoms with E-state index >= 15 is 0 Å². The second kappa shape index (κ2) is 7.82. The number of benzene rings is 2. The van der Waals surface area contributed by atoms with Crippen molar-refractivity contribution in [2.24, 2.45) is 5.10 Å². The molecule has 1 atom stereocenters. The number of furan rings is 1. The zero-order valence-corrected chi connectivity index (χ0v) is 17.9. The van der Waals surface area contributed by atoms with Crippen LogP contribution in [0.15, 0.2) is 81.3 Å². The summed E-state index contributed by atoms with van der Waals surface area (Å²) in [7, 11) is -7.58. The highest BCUT2D eigenvalue weighted by molar-refractivity contribution is 7.92. The molecule has 0 spiro atoms. The van der Waals surface area contributed by atoms with E-state index in [1.165, 1.54) is 18.4 Å². The highest BCUT2D eigenvalue weighted by Gasteiger charge is 2.39. The third kappa shape index (κ3) is 4.47. The van der Waals surface area contributed by atoms with Gasteiger partial charge in [0, 0.05) is 12.1 Å². The first-order chi connectivity index (χ1) is 14.6. The molecule has 1 aromatic heterocycles. The monoisotopic (exact) mass is 463 g/mol. The van der Waals surface area contributed by atoms with Crippen LogP contribution in [0.2, 0.25) is 0 Å². The van der Waals surface area contributed by atoms with Crippen LogP contribution in [0, 0.1) is 5.82 Å². The van der Waals surface area contributed by atoms with E-state index in [4.69, 9.17) is 4.42 Å². The number of anilines is 1. The van der Waals surface area contributed by atoms with Crippen molar-refractivity contribution >= 4 is 31.4 Å². The lowest BCUT2D eigenvalue weighted by Gasteiger charge is -2.21. The topological polar surface area (TPSA) is 109 Å². The van der Waals surface area contributed by atoms with Gasteiger partial charge in [0.25, 0.3) is 10.0 Å². The molecule has 162 valence electrons. The van der Waals surface area contributed by atoms with Crippen LogP contribution < -0.4 is 4.72 Å². The zero-order chi connectivity index (χ0) is 22.2. The molecule has 0 unspecified atom stereocenters. The maximum atomic E-state index is 13.3. The Morgan fingerprint density at radius 3 is 2.45 bits per heavy atom. The molecule has 2 heterocycles. The molecule has 0 bridgehead atoms. The fourth-order valence-electron chi connectivity index (χ4n) is 3.27.